The van der Waals surface area contributed by atoms with Crippen LogP contribution in [0.3, 0.4) is 0 Å². The Labute approximate surface area is 201 Å². The number of hydrogen-bond donors (Lipinski definition) is 1. The lowest BCUT2D eigenvalue weighted by Crippen LogP contribution is -2.35. The highest BCUT2D eigenvalue weighted by Gasteiger charge is 2.34. The van der Waals surface area contributed by atoms with Gasteiger partial charge in [0.15, 0.2) is 23.1 Å². The summed E-state index contributed by atoms with van der Waals surface area (Å²) in [5, 5.41) is -0.928. The minimum Gasteiger partial charge on any atom is -0.450 e. The Bertz CT molecular complexity index is 1450. The van der Waals surface area contributed by atoms with Crippen molar-refractivity contribution in [3.8, 4) is 11.5 Å². The molecule has 3 aromatic rings. The molecule has 4 rings (SSSR count). The van der Waals surface area contributed by atoms with Gasteiger partial charge in [-0.25, -0.2) is 13.8 Å². The molecule has 188 valence electrons. The van der Waals surface area contributed by atoms with Crippen molar-refractivity contribution < 1.29 is 35.5 Å². The number of benzene rings is 2. The van der Waals surface area contributed by atoms with Gasteiger partial charge in [0.05, 0.1) is 23.6 Å². The van der Waals surface area contributed by atoms with E-state index in [1.54, 1.807) is 0 Å². The highest BCUT2D eigenvalue weighted by atomic mass is 35.5. The zero-order valence-electron chi connectivity index (χ0n) is 17.8. The first-order chi connectivity index (χ1) is 16.5. The van der Waals surface area contributed by atoms with E-state index >= 15 is 4.39 Å². The molecule has 1 fully saturated rings. The van der Waals surface area contributed by atoms with E-state index in [1.165, 1.54) is 19.4 Å². The summed E-state index contributed by atoms with van der Waals surface area (Å²) >= 11 is 6.17. The summed E-state index contributed by atoms with van der Waals surface area (Å²) in [6.07, 6.45) is 0.262. The Morgan fingerprint density at radius 2 is 1.97 bits per heavy atom. The number of nitrogens with zero attached hydrogens (tertiary/aromatic N) is 3. The van der Waals surface area contributed by atoms with Crippen molar-refractivity contribution in [3.05, 3.63) is 57.6 Å². The first-order valence-electron chi connectivity index (χ1n) is 9.99. The van der Waals surface area contributed by atoms with Gasteiger partial charge in [-0.2, -0.15) is 21.5 Å². The first-order valence-corrected chi connectivity index (χ1v) is 11.8. The van der Waals surface area contributed by atoms with Crippen molar-refractivity contribution in [1.82, 2.24) is 13.9 Å². The average Bonchev–Trinajstić information content (AvgIpc) is 3.26. The molecule has 1 atom stereocenters. The first kappa shape index (κ1) is 25.2. The molecule has 1 N–H and O–H groups in total. The van der Waals surface area contributed by atoms with Gasteiger partial charge in [0.1, 0.15) is 10.4 Å². The fourth-order valence-electron chi connectivity index (χ4n) is 3.51. The molecule has 0 aliphatic carbocycles. The molecule has 1 aliphatic heterocycles. The monoisotopic (exact) mass is 536 g/mol. The summed E-state index contributed by atoms with van der Waals surface area (Å²) in [4.78, 5) is 16.2. The predicted molar refractivity (Wildman–Crippen MR) is 118 cm³/mol. The van der Waals surface area contributed by atoms with Crippen molar-refractivity contribution in [1.29, 1.82) is 0 Å². The van der Waals surface area contributed by atoms with Crippen LogP contribution in [0, 0.1) is 11.6 Å². The molecule has 15 heteroatoms. The number of rotatable bonds is 7. The van der Waals surface area contributed by atoms with E-state index in [2.05, 4.69) is 14.4 Å². The molecule has 1 unspecified atom stereocenters. The second-order valence-corrected chi connectivity index (χ2v) is 9.59. The number of halogens is 5. The van der Waals surface area contributed by atoms with Gasteiger partial charge in [-0.05, 0) is 30.7 Å². The molecule has 2 aromatic carbocycles. The maximum absolute atomic E-state index is 15.0. The van der Waals surface area contributed by atoms with Crippen molar-refractivity contribution in [2.75, 3.05) is 17.8 Å². The largest absolute Gasteiger partial charge is 0.450 e. The Balaban J connectivity index is 1.62. The van der Waals surface area contributed by atoms with Crippen LogP contribution in [0.15, 0.2) is 35.4 Å². The SMILES string of the molecule is Cn1cnc2ccc(Oc3c(F)ccc(NS(=O)(=O)N4CCC(OC(F)F)C4)c3Cl)c(F)c2c1=O. The molecule has 35 heavy (non-hydrogen) atoms. The number of aryl methyl sites for hydroxylation is 1. The molecule has 2 heterocycles. The van der Waals surface area contributed by atoms with E-state index < -0.39 is 62.0 Å². The van der Waals surface area contributed by atoms with Gasteiger partial charge < -0.3 is 14.0 Å². The average molecular weight is 537 g/mol. The zero-order chi connectivity index (χ0) is 25.5. The van der Waals surface area contributed by atoms with Crippen LogP contribution in [0.1, 0.15) is 6.42 Å². The van der Waals surface area contributed by atoms with E-state index in [0.717, 1.165) is 27.1 Å². The molecule has 1 saturated heterocycles. The molecule has 0 saturated carbocycles. The molecule has 1 aliphatic rings. The Hall–Kier alpha value is -2.94. The second-order valence-electron chi connectivity index (χ2n) is 7.55. The third-order valence-electron chi connectivity index (χ3n) is 5.23. The van der Waals surface area contributed by atoms with E-state index in [0.29, 0.717) is 0 Å². The minimum atomic E-state index is -4.28. The predicted octanol–water partition coefficient (Wildman–Crippen LogP) is 3.63. The molecular weight excluding hydrogens is 520 g/mol. The Morgan fingerprint density at radius 3 is 2.69 bits per heavy atom. The van der Waals surface area contributed by atoms with E-state index in [9.17, 15) is 26.4 Å². The molecule has 0 spiro atoms. The van der Waals surface area contributed by atoms with Crippen LogP contribution in [0.4, 0.5) is 23.2 Å². The van der Waals surface area contributed by atoms with Crippen molar-refractivity contribution in [3.63, 3.8) is 0 Å². The highest BCUT2D eigenvalue weighted by Crippen LogP contribution is 2.39. The number of aromatic nitrogens is 2. The normalized spacial score (nSPS) is 16.8. The standard InChI is InChI=1S/C20H17ClF4N4O5S/c1-28-9-26-12-4-5-14(17(23)15(12)19(28)30)34-18-11(22)2-3-13(16(18)21)27-35(31,32)29-7-6-10(8-29)33-20(24)25/h2-5,9-10,20,27H,6-8H2,1H3. The van der Waals surface area contributed by atoms with Crippen LogP contribution in [-0.4, -0.2) is 48.1 Å². The lowest BCUT2D eigenvalue weighted by atomic mass is 10.2. The smallest absolute Gasteiger partial charge is 0.345 e. The summed E-state index contributed by atoms with van der Waals surface area (Å²) in [5.41, 5.74) is -0.961. The van der Waals surface area contributed by atoms with Crippen molar-refractivity contribution >= 4 is 38.4 Å². The summed E-state index contributed by atoms with van der Waals surface area (Å²) in [6.45, 7) is -3.47. The molecule has 0 bridgehead atoms. The third kappa shape index (κ3) is 5.05. The maximum Gasteiger partial charge on any atom is 0.345 e. The highest BCUT2D eigenvalue weighted by molar-refractivity contribution is 7.90. The topological polar surface area (TPSA) is 103 Å². The van der Waals surface area contributed by atoms with Crippen molar-refractivity contribution in [2.45, 2.75) is 19.1 Å². The van der Waals surface area contributed by atoms with Gasteiger partial charge >= 0.3 is 16.8 Å². The number of hydrogen-bond acceptors (Lipinski definition) is 6. The third-order valence-corrected chi connectivity index (χ3v) is 7.10. The number of anilines is 1. The number of fused-ring (bicyclic) bond motifs is 1. The lowest BCUT2D eigenvalue weighted by Gasteiger charge is -2.19. The van der Waals surface area contributed by atoms with Gasteiger partial charge in [0.25, 0.3) is 5.56 Å². The van der Waals surface area contributed by atoms with Crippen LogP contribution in [0.2, 0.25) is 5.02 Å². The van der Waals surface area contributed by atoms with Gasteiger partial charge in [-0.15, -0.1) is 0 Å². The Morgan fingerprint density at radius 1 is 1.23 bits per heavy atom. The lowest BCUT2D eigenvalue weighted by molar-refractivity contribution is -0.157. The van der Waals surface area contributed by atoms with E-state index in [-0.39, 0.29) is 30.7 Å². The van der Waals surface area contributed by atoms with Crippen LogP contribution in [0.5, 0.6) is 11.5 Å². The fraction of sp³-hybridized carbons (Fsp3) is 0.300. The molecule has 9 nitrogen and oxygen atoms in total. The number of ether oxygens (including phenoxy) is 2. The fourth-order valence-corrected chi connectivity index (χ4v) is 5.09. The van der Waals surface area contributed by atoms with Crippen molar-refractivity contribution in [2.24, 2.45) is 7.05 Å². The quantitative estimate of drug-likeness (QED) is 0.463. The van der Waals surface area contributed by atoms with Gasteiger partial charge in [-0.1, -0.05) is 11.6 Å². The molecule has 0 amide bonds. The molecular formula is C20H17ClF4N4O5S. The van der Waals surface area contributed by atoms with Crippen LogP contribution in [0.25, 0.3) is 10.9 Å². The second kappa shape index (κ2) is 9.60. The summed E-state index contributed by atoms with van der Waals surface area (Å²) in [6, 6.07) is 4.26. The number of nitrogens with one attached hydrogen (secondary N) is 1. The van der Waals surface area contributed by atoms with Gasteiger partial charge in [0, 0.05) is 20.1 Å². The van der Waals surface area contributed by atoms with E-state index in [1.807, 2.05) is 0 Å². The van der Waals surface area contributed by atoms with E-state index in [4.69, 9.17) is 16.3 Å². The van der Waals surface area contributed by atoms with Crippen LogP contribution >= 0.6 is 11.6 Å². The molecule has 0 radical (unpaired) electrons. The van der Waals surface area contributed by atoms with Crippen LogP contribution in [-0.2, 0) is 22.0 Å². The zero-order valence-corrected chi connectivity index (χ0v) is 19.4. The van der Waals surface area contributed by atoms with Crippen LogP contribution < -0.4 is 15.0 Å². The minimum absolute atomic E-state index is 0.0470. The summed E-state index contributed by atoms with van der Waals surface area (Å²) in [7, 11) is -2.91. The van der Waals surface area contributed by atoms with Gasteiger partial charge in [-0.3, -0.25) is 9.52 Å². The van der Waals surface area contributed by atoms with Gasteiger partial charge in [0.2, 0.25) is 0 Å². The Kier molecular flexibility index (Phi) is 6.90. The molecule has 1 aromatic heterocycles. The maximum atomic E-state index is 15.0. The summed E-state index contributed by atoms with van der Waals surface area (Å²) in [5.74, 6) is -3.40. The summed E-state index contributed by atoms with van der Waals surface area (Å²) < 4.78 is 93.4. The number of alkyl halides is 2.